The van der Waals surface area contributed by atoms with Crippen molar-refractivity contribution in [3.63, 3.8) is 0 Å². The number of thiophene rings is 1. The summed E-state index contributed by atoms with van der Waals surface area (Å²) < 4.78 is 18.5. The molecule has 0 saturated heterocycles. The van der Waals surface area contributed by atoms with Crippen LogP contribution in [0.15, 0.2) is 24.5 Å². The zero-order valence-electron chi connectivity index (χ0n) is 13.7. The number of rotatable bonds is 5. The van der Waals surface area contributed by atoms with E-state index < -0.39 is 5.82 Å². The van der Waals surface area contributed by atoms with Crippen molar-refractivity contribution >= 4 is 33.3 Å². The van der Waals surface area contributed by atoms with Gasteiger partial charge in [-0.3, -0.25) is 0 Å². The Morgan fingerprint density at radius 3 is 2.92 bits per heavy atom. The minimum Gasteiger partial charge on any atom is -0.505 e. The average molecular weight is 361 g/mol. The molecule has 2 aromatic heterocycles. The van der Waals surface area contributed by atoms with Crippen molar-refractivity contribution < 1.29 is 19.0 Å². The number of phenols is 1. The predicted molar refractivity (Wildman–Crippen MR) is 93.5 cm³/mol. The molecule has 2 heterocycles. The van der Waals surface area contributed by atoms with Crippen molar-refractivity contribution in [2.75, 3.05) is 11.9 Å². The molecule has 3 aromatic rings. The molecule has 0 aliphatic rings. The van der Waals surface area contributed by atoms with E-state index in [1.54, 1.807) is 13.0 Å². The molecule has 0 bridgehead atoms. The number of nitrogens with zero attached hydrogens (tertiary/aromatic N) is 2. The number of nitrogens with one attached hydrogen (secondary N) is 1. The van der Waals surface area contributed by atoms with E-state index in [0.29, 0.717) is 34.2 Å². The average Bonchev–Trinajstić information content (AvgIpc) is 2.94. The van der Waals surface area contributed by atoms with Gasteiger partial charge in [0.2, 0.25) is 0 Å². The second-order valence-corrected chi connectivity index (χ2v) is 6.32. The fourth-order valence-corrected chi connectivity index (χ4v) is 3.49. The van der Waals surface area contributed by atoms with Crippen molar-refractivity contribution in [2.45, 2.75) is 20.4 Å². The van der Waals surface area contributed by atoms with Crippen molar-refractivity contribution in [1.29, 1.82) is 0 Å². The number of hydrogen-bond acceptors (Lipinski definition) is 7. The monoisotopic (exact) mass is 361 g/mol. The molecule has 0 aliphatic heterocycles. The lowest BCUT2D eigenvalue weighted by Crippen LogP contribution is -2.04. The van der Waals surface area contributed by atoms with Crippen molar-refractivity contribution in [1.82, 2.24) is 9.97 Å². The van der Waals surface area contributed by atoms with Crippen LogP contribution in [0.25, 0.3) is 10.2 Å². The number of hydrogen-bond donors (Lipinski definition) is 2. The summed E-state index contributed by atoms with van der Waals surface area (Å²) in [4.78, 5) is 21.7. The zero-order chi connectivity index (χ0) is 18.0. The highest BCUT2D eigenvalue weighted by Gasteiger charge is 2.20. The molecule has 8 heteroatoms. The second-order valence-electron chi connectivity index (χ2n) is 5.32. The maximum atomic E-state index is 13.4. The molecule has 6 nitrogen and oxygen atoms in total. The molecule has 3 rings (SSSR count). The summed E-state index contributed by atoms with van der Waals surface area (Å²) in [5.41, 5.74) is 1.40. The first kappa shape index (κ1) is 17.1. The van der Waals surface area contributed by atoms with E-state index in [9.17, 15) is 14.3 Å². The molecule has 1 aromatic carbocycles. The van der Waals surface area contributed by atoms with E-state index in [1.165, 1.54) is 29.8 Å². The number of halogens is 1. The van der Waals surface area contributed by atoms with Crippen molar-refractivity contribution in [3.05, 3.63) is 46.3 Å². The van der Waals surface area contributed by atoms with E-state index >= 15 is 0 Å². The number of anilines is 1. The minimum absolute atomic E-state index is 0.301. The summed E-state index contributed by atoms with van der Waals surface area (Å²) in [6, 6.07) is 4.18. The van der Waals surface area contributed by atoms with Gasteiger partial charge in [-0.25, -0.2) is 19.2 Å². The lowest BCUT2D eigenvalue weighted by atomic mass is 10.2. The molecular weight excluding hydrogens is 345 g/mol. The summed E-state index contributed by atoms with van der Waals surface area (Å²) in [5.74, 6) is -0.887. The number of aryl methyl sites for hydroxylation is 1. The topological polar surface area (TPSA) is 84.3 Å². The quantitative estimate of drug-likeness (QED) is 0.675. The Kier molecular flexibility index (Phi) is 4.80. The van der Waals surface area contributed by atoms with Crippen LogP contribution in [0.4, 0.5) is 10.2 Å². The Bertz CT molecular complexity index is 942. The maximum Gasteiger partial charge on any atom is 0.348 e. The molecule has 0 fully saturated rings. The third-order valence-electron chi connectivity index (χ3n) is 3.66. The molecule has 25 heavy (non-hydrogen) atoms. The largest absolute Gasteiger partial charge is 0.505 e. The molecule has 0 spiro atoms. The molecule has 0 atom stereocenters. The Hall–Kier alpha value is -2.74. The predicted octanol–water partition coefficient (Wildman–Crippen LogP) is 3.63. The van der Waals surface area contributed by atoms with Crippen LogP contribution < -0.4 is 5.32 Å². The Morgan fingerprint density at radius 1 is 1.40 bits per heavy atom. The Labute approximate surface area is 147 Å². The Balaban J connectivity index is 1.91. The molecule has 0 radical (unpaired) electrons. The molecular formula is C17H16FN3O3S. The summed E-state index contributed by atoms with van der Waals surface area (Å²) in [6.45, 7) is 4.19. The SMILES string of the molecule is CCOC(=O)c1sc2ncnc(NCc3ccc(O)c(F)c3)c2c1C. The fourth-order valence-electron chi connectivity index (χ4n) is 2.44. The lowest BCUT2D eigenvalue weighted by molar-refractivity contribution is 0.0531. The van der Waals surface area contributed by atoms with Gasteiger partial charge in [-0.05, 0) is 37.1 Å². The van der Waals surface area contributed by atoms with Gasteiger partial charge in [-0.1, -0.05) is 6.07 Å². The van der Waals surface area contributed by atoms with Gasteiger partial charge in [0.15, 0.2) is 11.6 Å². The number of benzene rings is 1. The minimum atomic E-state index is -0.677. The van der Waals surface area contributed by atoms with Crippen LogP contribution in [0.1, 0.15) is 27.7 Å². The van der Waals surface area contributed by atoms with E-state index in [4.69, 9.17) is 4.74 Å². The Morgan fingerprint density at radius 2 is 2.20 bits per heavy atom. The highest BCUT2D eigenvalue weighted by atomic mass is 32.1. The summed E-state index contributed by atoms with van der Waals surface area (Å²) in [5, 5.41) is 13.1. The third kappa shape index (κ3) is 3.39. The van der Waals surface area contributed by atoms with Crippen LogP contribution in [0.5, 0.6) is 5.75 Å². The van der Waals surface area contributed by atoms with Gasteiger partial charge in [0.05, 0.1) is 12.0 Å². The number of aromatic nitrogens is 2. The van der Waals surface area contributed by atoms with Crippen LogP contribution in [0, 0.1) is 12.7 Å². The highest BCUT2D eigenvalue weighted by Crippen LogP contribution is 2.33. The smallest absolute Gasteiger partial charge is 0.348 e. The highest BCUT2D eigenvalue weighted by molar-refractivity contribution is 7.20. The summed E-state index contributed by atoms with van der Waals surface area (Å²) in [7, 11) is 0. The number of phenolic OH excluding ortho intramolecular Hbond substituents is 1. The van der Waals surface area contributed by atoms with Crippen LogP contribution in [0.2, 0.25) is 0 Å². The first-order valence-electron chi connectivity index (χ1n) is 7.63. The molecule has 0 saturated carbocycles. The van der Waals surface area contributed by atoms with Crippen LogP contribution >= 0.6 is 11.3 Å². The first-order valence-corrected chi connectivity index (χ1v) is 8.45. The normalized spacial score (nSPS) is 10.8. The van der Waals surface area contributed by atoms with Crippen LogP contribution in [0.3, 0.4) is 0 Å². The van der Waals surface area contributed by atoms with Crippen LogP contribution in [-0.2, 0) is 11.3 Å². The van der Waals surface area contributed by atoms with Gasteiger partial charge in [-0.15, -0.1) is 11.3 Å². The van der Waals surface area contributed by atoms with Crippen molar-refractivity contribution in [3.8, 4) is 5.75 Å². The van der Waals surface area contributed by atoms with Gasteiger partial charge >= 0.3 is 5.97 Å². The first-order chi connectivity index (χ1) is 12.0. The van der Waals surface area contributed by atoms with Gasteiger partial charge < -0.3 is 15.2 Å². The standard InChI is InChI=1S/C17H16FN3O3S/c1-3-24-17(23)14-9(2)13-15(20-8-21-16(13)25-14)19-7-10-4-5-12(22)11(18)6-10/h4-6,8,22H,3,7H2,1-2H3,(H,19,20,21). The number of carbonyl (C=O) groups is 1. The number of fused-ring (bicyclic) bond motifs is 1. The van der Waals surface area contributed by atoms with Crippen molar-refractivity contribution in [2.24, 2.45) is 0 Å². The summed E-state index contributed by atoms with van der Waals surface area (Å²) >= 11 is 1.25. The summed E-state index contributed by atoms with van der Waals surface area (Å²) in [6.07, 6.45) is 1.41. The zero-order valence-corrected chi connectivity index (χ0v) is 14.5. The number of esters is 1. The maximum absolute atomic E-state index is 13.4. The second kappa shape index (κ2) is 7.02. The molecule has 130 valence electrons. The molecule has 2 N–H and O–H groups in total. The van der Waals surface area contributed by atoms with Gasteiger partial charge in [0.1, 0.15) is 21.9 Å². The molecule has 0 aliphatic carbocycles. The number of aromatic hydroxyl groups is 1. The van der Waals surface area contributed by atoms with Gasteiger partial charge in [0.25, 0.3) is 0 Å². The number of ether oxygens (including phenoxy) is 1. The van der Waals surface area contributed by atoms with Gasteiger partial charge in [0, 0.05) is 6.54 Å². The van der Waals surface area contributed by atoms with E-state index in [-0.39, 0.29) is 11.7 Å². The molecule has 0 unspecified atom stereocenters. The third-order valence-corrected chi connectivity index (χ3v) is 4.84. The van der Waals surface area contributed by atoms with E-state index in [1.807, 2.05) is 6.92 Å². The molecule has 0 amide bonds. The van der Waals surface area contributed by atoms with Crippen LogP contribution in [-0.4, -0.2) is 27.7 Å². The fraction of sp³-hybridized carbons (Fsp3) is 0.235. The lowest BCUT2D eigenvalue weighted by Gasteiger charge is -2.08. The number of carbonyl (C=O) groups excluding carboxylic acids is 1. The van der Waals surface area contributed by atoms with E-state index in [0.717, 1.165) is 10.9 Å². The van der Waals surface area contributed by atoms with Gasteiger partial charge in [-0.2, -0.15) is 0 Å². The van der Waals surface area contributed by atoms with E-state index in [2.05, 4.69) is 15.3 Å².